The van der Waals surface area contributed by atoms with Gasteiger partial charge in [-0.25, -0.2) is 0 Å². The summed E-state index contributed by atoms with van der Waals surface area (Å²) in [5.41, 5.74) is 6.53. The van der Waals surface area contributed by atoms with E-state index in [-0.39, 0.29) is 11.9 Å². The fourth-order valence-electron chi connectivity index (χ4n) is 2.93. The standard InChI is InChI=1S/C14H20ClN3O/c15-10-7-13(18(9-10)11-4-5-11)14(19)17-6-2-1-3-12(17)8-16/h7,9,11-12H,1-6,8,16H2. The molecule has 1 unspecified atom stereocenters. The van der Waals surface area contributed by atoms with Crippen molar-refractivity contribution in [2.24, 2.45) is 5.73 Å². The van der Waals surface area contributed by atoms with Crippen molar-refractivity contribution in [1.29, 1.82) is 0 Å². The second-order valence-electron chi connectivity index (χ2n) is 5.57. The highest BCUT2D eigenvalue weighted by molar-refractivity contribution is 6.31. The molecular weight excluding hydrogens is 262 g/mol. The molecule has 1 aromatic heterocycles. The predicted molar refractivity (Wildman–Crippen MR) is 75.4 cm³/mol. The lowest BCUT2D eigenvalue weighted by atomic mass is 10.0. The minimum Gasteiger partial charge on any atom is -0.339 e. The Bertz CT molecular complexity index is 481. The van der Waals surface area contributed by atoms with Gasteiger partial charge in [-0.2, -0.15) is 0 Å². The quantitative estimate of drug-likeness (QED) is 0.925. The lowest BCUT2D eigenvalue weighted by Gasteiger charge is -2.35. The van der Waals surface area contributed by atoms with Crippen molar-refractivity contribution < 1.29 is 4.79 Å². The highest BCUT2D eigenvalue weighted by Gasteiger charge is 2.32. The lowest BCUT2D eigenvalue weighted by Crippen LogP contribution is -2.47. The number of piperidine rings is 1. The van der Waals surface area contributed by atoms with E-state index in [4.69, 9.17) is 17.3 Å². The molecule has 2 aliphatic rings. The highest BCUT2D eigenvalue weighted by Crippen LogP contribution is 2.38. The van der Waals surface area contributed by atoms with Crippen molar-refractivity contribution in [3.63, 3.8) is 0 Å². The van der Waals surface area contributed by atoms with Crippen LogP contribution in [0, 0.1) is 0 Å². The van der Waals surface area contributed by atoms with Gasteiger partial charge in [0, 0.05) is 31.4 Å². The number of nitrogens with two attached hydrogens (primary N) is 1. The largest absolute Gasteiger partial charge is 0.339 e. The molecule has 1 aliphatic carbocycles. The normalized spacial score (nSPS) is 23.7. The zero-order valence-electron chi connectivity index (χ0n) is 11.0. The van der Waals surface area contributed by atoms with Gasteiger partial charge in [0.2, 0.25) is 0 Å². The van der Waals surface area contributed by atoms with Crippen LogP contribution in [-0.2, 0) is 0 Å². The molecular formula is C14H20ClN3O. The third-order valence-electron chi connectivity index (χ3n) is 4.13. The summed E-state index contributed by atoms with van der Waals surface area (Å²) in [5.74, 6) is 0.0916. The summed E-state index contributed by atoms with van der Waals surface area (Å²) in [6, 6.07) is 2.44. The van der Waals surface area contributed by atoms with Gasteiger partial charge in [-0.15, -0.1) is 0 Å². The molecule has 1 amide bonds. The summed E-state index contributed by atoms with van der Waals surface area (Å²) in [6.45, 7) is 1.36. The third kappa shape index (κ3) is 2.51. The number of aromatic nitrogens is 1. The number of halogens is 1. The van der Waals surface area contributed by atoms with E-state index in [9.17, 15) is 4.79 Å². The molecule has 2 heterocycles. The molecule has 1 saturated heterocycles. The molecule has 0 spiro atoms. The lowest BCUT2D eigenvalue weighted by molar-refractivity contribution is 0.0612. The number of nitrogens with zero attached hydrogens (tertiary/aromatic N) is 2. The Balaban J connectivity index is 1.86. The molecule has 2 fully saturated rings. The van der Waals surface area contributed by atoms with Crippen molar-refractivity contribution in [3.05, 3.63) is 23.0 Å². The molecule has 0 radical (unpaired) electrons. The van der Waals surface area contributed by atoms with Gasteiger partial charge in [-0.1, -0.05) is 11.6 Å². The van der Waals surface area contributed by atoms with E-state index in [0.29, 0.717) is 17.6 Å². The number of amides is 1. The number of carbonyl (C=O) groups excluding carboxylic acids is 1. The Kier molecular flexibility index (Phi) is 3.54. The number of likely N-dealkylation sites (tertiary alicyclic amines) is 1. The second-order valence-corrected chi connectivity index (χ2v) is 6.00. The molecule has 1 atom stereocenters. The van der Waals surface area contributed by atoms with Gasteiger partial charge in [-0.05, 0) is 38.2 Å². The second kappa shape index (κ2) is 5.17. The van der Waals surface area contributed by atoms with Gasteiger partial charge in [0.25, 0.3) is 5.91 Å². The van der Waals surface area contributed by atoms with Crippen molar-refractivity contribution in [2.75, 3.05) is 13.1 Å². The first-order valence-electron chi connectivity index (χ1n) is 7.09. The predicted octanol–water partition coefficient (Wildman–Crippen LogP) is 2.43. The van der Waals surface area contributed by atoms with E-state index >= 15 is 0 Å². The Morgan fingerprint density at radius 2 is 2.16 bits per heavy atom. The maximum absolute atomic E-state index is 12.7. The monoisotopic (exact) mass is 281 g/mol. The summed E-state index contributed by atoms with van der Waals surface area (Å²) in [7, 11) is 0. The van der Waals surface area contributed by atoms with Gasteiger partial charge < -0.3 is 15.2 Å². The molecule has 0 bridgehead atoms. The molecule has 104 valence electrons. The van der Waals surface area contributed by atoms with E-state index in [1.165, 1.54) is 0 Å². The summed E-state index contributed by atoms with van der Waals surface area (Å²) < 4.78 is 2.05. The van der Waals surface area contributed by atoms with Gasteiger partial charge in [0.05, 0.1) is 5.02 Å². The van der Waals surface area contributed by atoms with E-state index in [1.807, 2.05) is 15.7 Å². The first-order chi connectivity index (χ1) is 9.20. The van der Waals surface area contributed by atoms with Crippen molar-refractivity contribution >= 4 is 17.5 Å². The van der Waals surface area contributed by atoms with Crippen LogP contribution in [0.5, 0.6) is 0 Å². The smallest absolute Gasteiger partial charge is 0.270 e. The van der Waals surface area contributed by atoms with Crippen molar-refractivity contribution in [1.82, 2.24) is 9.47 Å². The molecule has 2 N–H and O–H groups in total. The summed E-state index contributed by atoms with van der Waals surface area (Å²) in [5, 5.41) is 0.650. The maximum Gasteiger partial charge on any atom is 0.270 e. The van der Waals surface area contributed by atoms with Crippen LogP contribution in [-0.4, -0.2) is 34.5 Å². The average molecular weight is 282 g/mol. The van der Waals surface area contributed by atoms with Crippen molar-refractivity contribution in [2.45, 2.75) is 44.2 Å². The van der Waals surface area contributed by atoms with Crippen LogP contribution in [0.2, 0.25) is 5.02 Å². The van der Waals surface area contributed by atoms with Gasteiger partial charge in [0.15, 0.2) is 0 Å². The zero-order valence-corrected chi connectivity index (χ0v) is 11.8. The van der Waals surface area contributed by atoms with Crippen LogP contribution in [0.3, 0.4) is 0 Å². The number of hydrogen-bond donors (Lipinski definition) is 1. The third-order valence-corrected chi connectivity index (χ3v) is 4.34. The summed E-state index contributed by atoms with van der Waals surface area (Å²) in [6.07, 6.45) is 7.42. The van der Waals surface area contributed by atoms with Crippen LogP contribution in [0.25, 0.3) is 0 Å². The zero-order chi connectivity index (χ0) is 13.4. The average Bonchev–Trinajstić information content (AvgIpc) is 3.21. The van der Waals surface area contributed by atoms with Crippen LogP contribution >= 0.6 is 11.6 Å². The molecule has 19 heavy (non-hydrogen) atoms. The summed E-state index contributed by atoms with van der Waals surface area (Å²) in [4.78, 5) is 14.7. The van der Waals surface area contributed by atoms with E-state index < -0.39 is 0 Å². The van der Waals surface area contributed by atoms with Gasteiger partial charge in [0.1, 0.15) is 5.69 Å². The molecule has 4 nitrogen and oxygen atoms in total. The fourth-order valence-corrected chi connectivity index (χ4v) is 3.14. The van der Waals surface area contributed by atoms with E-state index in [2.05, 4.69) is 0 Å². The topological polar surface area (TPSA) is 51.3 Å². The Morgan fingerprint density at radius 1 is 1.37 bits per heavy atom. The minimum atomic E-state index is 0.0916. The Morgan fingerprint density at radius 3 is 2.84 bits per heavy atom. The van der Waals surface area contributed by atoms with Crippen molar-refractivity contribution in [3.8, 4) is 0 Å². The number of carbonyl (C=O) groups is 1. The summed E-state index contributed by atoms with van der Waals surface area (Å²) >= 11 is 6.07. The molecule has 3 rings (SSSR count). The first kappa shape index (κ1) is 13.0. The molecule has 1 aliphatic heterocycles. The minimum absolute atomic E-state index is 0.0916. The van der Waals surface area contributed by atoms with Crippen LogP contribution in [0.4, 0.5) is 0 Å². The van der Waals surface area contributed by atoms with E-state index in [0.717, 1.165) is 44.3 Å². The molecule has 0 aromatic carbocycles. The highest BCUT2D eigenvalue weighted by atomic mass is 35.5. The van der Waals surface area contributed by atoms with E-state index in [1.54, 1.807) is 6.07 Å². The molecule has 1 aromatic rings. The van der Waals surface area contributed by atoms with Crippen LogP contribution < -0.4 is 5.73 Å². The van der Waals surface area contributed by atoms with Crippen LogP contribution in [0.1, 0.15) is 48.6 Å². The number of rotatable bonds is 3. The number of hydrogen-bond acceptors (Lipinski definition) is 2. The van der Waals surface area contributed by atoms with Gasteiger partial charge in [-0.3, -0.25) is 4.79 Å². The fraction of sp³-hybridized carbons (Fsp3) is 0.643. The Hall–Kier alpha value is -1.00. The first-order valence-corrected chi connectivity index (χ1v) is 7.47. The maximum atomic E-state index is 12.7. The molecule has 1 saturated carbocycles. The SMILES string of the molecule is NCC1CCCCN1C(=O)c1cc(Cl)cn1C1CC1. The van der Waals surface area contributed by atoms with Gasteiger partial charge >= 0.3 is 0 Å². The Labute approximate surface area is 118 Å². The molecule has 5 heteroatoms. The van der Waals surface area contributed by atoms with Crippen LogP contribution in [0.15, 0.2) is 12.3 Å².